The van der Waals surface area contributed by atoms with Gasteiger partial charge in [-0.3, -0.25) is 9.18 Å². The van der Waals surface area contributed by atoms with Crippen molar-refractivity contribution in [3.63, 3.8) is 0 Å². The smallest absolute Gasteiger partial charge is 0.341 e. The van der Waals surface area contributed by atoms with Gasteiger partial charge in [0.2, 0.25) is 11.8 Å². The van der Waals surface area contributed by atoms with Crippen LogP contribution in [-0.2, 0) is 24.0 Å². The van der Waals surface area contributed by atoms with Gasteiger partial charge in [0, 0.05) is 43.9 Å². The average molecular weight is 828 g/mol. The summed E-state index contributed by atoms with van der Waals surface area (Å²) in [6, 6.07) is 6.99. The normalized spacial score (nSPS) is 16.9. The number of carboxylic acid groups (broad SMARTS) is 1. The number of carbonyl (C=O) groups is 2. The Balaban J connectivity index is 0.000000254. The van der Waals surface area contributed by atoms with Crippen LogP contribution in [0.15, 0.2) is 45.5 Å². The predicted molar refractivity (Wildman–Crippen MR) is 219 cm³/mol. The monoisotopic (exact) mass is 827 g/mol. The number of aromatic nitrogens is 4. The average Bonchev–Trinajstić information content (AvgIpc) is 3.78. The number of rotatable bonds is 12. The molecule has 6 heterocycles. The number of aromatic carboxylic acids is 1. The van der Waals surface area contributed by atoms with Crippen LogP contribution >= 0.6 is 0 Å². The first kappa shape index (κ1) is 46.8. The number of nitrogens with one attached hydrogen (secondary N) is 1. The van der Waals surface area contributed by atoms with E-state index in [-0.39, 0.29) is 23.4 Å². The highest BCUT2D eigenvalue weighted by molar-refractivity contribution is 5.96. The molecule has 1 amide bonds. The summed E-state index contributed by atoms with van der Waals surface area (Å²) in [4.78, 5) is 42.6. The minimum Gasteiger partial charge on any atom is -0.477 e. The van der Waals surface area contributed by atoms with Gasteiger partial charge in [-0.1, -0.05) is 6.42 Å². The molecule has 2 saturated heterocycles. The fourth-order valence-electron chi connectivity index (χ4n) is 6.97. The molecule has 4 N–H and O–H groups in total. The van der Waals surface area contributed by atoms with Crippen molar-refractivity contribution in [2.75, 3.05) is 33.5 Å². The molecule has 0 aromatic carbocycles. The van der Waals surface area contributed by atoms with Crippen LogP contribution in [0, 0.1) is 13.8 Å². The highest BCUT2D eigenvalue weighted by Gasteiger charge is 2.32. The van der Waals surface area contributed by atoms with Crippen LogP contribution in [0.1, 0.15) is 137 Å². The summed E-state index contributed by atoms with van der Waals surface area (Å²) in [6.45, 7) is 16.8. The van der Waals surface area contributed by atoms with Crippen LogP contribution in [0.5, 0.6) is 11.8 Å². The van der Waals surface area contributed by atoms with E-state index in [1.54, 1.807) is 65.9 Å². The Morgan fingerprint density at radius 3 is 1.85 bits per heavy atom. The van der Waals surface area contributed by atoms with E-state index in [9.17, 15) is 24.2 Å². The molecule has 2 fully saturated rings. The molecule has 59 heavy (non-hydrogen) atoms. The molecule has 2 aliphatic heterocycles. The number of carbonyl (C=O) groups excluding carboxylic acids is 1. The SMILES string of the molecule is CCOc1ncccc1C(=O)N1CCCC[C@@H]1Cc1nc(C(C)(C)O)c(C)o1.CCOc1ncccc1C(=O)O.Cc1oc(C[C@H]2CCCCN2)nc1C(C)(C)O.[2H]CF. The van der Waals surface area contributed by atoms with E-state index < -0.39 is 24.3 Å². The summed E-state index contributed by atoms with van der Waals surface area (Å²) in [7, 11) is -1.00. The van der Waals surface area contributed by atoms with Crippen LogP contribution in [0.3, 0.4) is 0 Å². The predicted octanol–water partition coefficient (Wildman–Crippen LogP) is 6.90. The number of piperidine rings is 2. The number of hydrogen-bond acceptors (Lipinski definition) is 13. The fourth-order valence-corrected chi connectivity index (χ4v) is 6.97. The van der Waals surface area contributed by atoms with Crippen molar-refractivity contribution < 1.29 is 49.0 Å². The number of aliphatic hydroxyl groups is 2. The number of alkyl halides is 1. The number of halogens is 1. The van der Waals surface area contributed by atoms with Crippen molar-refractivity contribution in [1.82, 2.24) is 30.2 Å². The third-order valence-electron chi connectivity index (χ3n) is 9.54. The van der Waals surface area contributed by atoms with Gasteiger partial charge < -0.3 is 43.8 Å². The third kappa shape index (κ3) is 14.4. The topological polar surface area (TPSA) is 206 Å². The third-order valence-corrected chi connectivity index (χ3v) is 9.54. The molecule has 0 radical (unpaired) electrons. The first-order valence-corrected chi connectivity index (χ1v) is 20.1. The Labute approximate surface area is 348 Å². The maximum atomic E-state index is 13.2. The lowest BCUT2D eigenvalue weighted by Crippen LogP contribution is -2.45. The van der Waals surface area contributed by atoms with E-state index >= 15 is 0 Å². The second-order valence-electron chi connectivity index (χ2n) is 15.2. The largest absolute Gasteiger partial charge is 0.477 e. The van der Waals surface area contributed by atoms with Crippen LogP contribution < -0.4 is 14.8 Å². The summed E-state index contributed by atoms with van der Waals surface area (Å²) in [5.41, 5.74) is -0.205. The van der Waals surface area contributed by atoms with E-state index in [1.807, 2.05) is 18.7 Å². The lowest BCUT2D eigenvalue weighted by Gasteiger charge is -2.35. The van der Waals surface area contributed by atoms with E-state index in [0.29, 0.717) is 66.7 Å². The summed E-state index contributed by atoms with van der Waals surface area (Å²) in [5.74, 6) is 2.07. The highest BCUT2D eigenvalue weighted by Crippen LogP contribution is 2.29. The molecule has 4 aromatic rings. The molecule has 2 atom stereocenters. The van der Waals surface area contributed by atoms with Crippen LogP contribution in [-0.4, -0.2) is 97.6 Å². The number of carboxylic acids is 1. The molecule has 6 rings (SSSR count). The van der Waals surface area contributed by atoms with Crippen LogP contribution in [0.2, 0.25) is 0 Å². The molecule has 0 spiro atoms. The minimum atomic E-state index is -1.06. The summed E-state index contributed by atoms with van der Waals surface area (Å²) >= 11 is 0. The van der Waals surface area contributed by atoms with E-state index in [1.165, 1.54) is 31.5 Å². The van der Waals surface area contributed by atoms with Crippen LogP contribution in [0.4, 0.5) is 4.39 Å². The Morgan fingerprint density at radius 1 is 0.864 bits per heavy atom. The lowest BCUT2D eigenvalue weighted by molar-refractivity contribution is 0.0597. The highest BCUT2D eigenvalue weighted by atomic mass is 19.1. The van der Waals surface area contributed by atoms with Gasteiger partial charge in [0.05, 0.1) is 21.7 Å². The van der Waals surface area contributed by atoms with Gasteiger partial charge in [0.1, 0.15) is 45.2 Å². The summed E-state index contributed by atoms with van der Waals surface area (Å²) in [5, 5.41) is 32.3. The van der Waals surface area contributed by atoms with Gasteiger partial charge in [-0.25, -0.2) is 24.7 Å². The van der Waals surface area contributed by atoms with Gasteiger partial charge in [0.25, 0.3) is 5.91 Å². The lowest BCUT2D eigenvalue weighted by atomic mass is 9.98. The first-order chi connectivity index (χ1) is 28.4. The molecule has 2 aliphatic rings. The fraction of sp³-hybridized carbons (Fsp3) is 0.581. The Hall–Kier alpha value is -4.93. The molecular weight excluding hydrogens is 764 g/mol. The quantitative estimate of drug-likeness (QED) is 0.115. The Bertz CT molecular complexity index is 1920. The van der Waals surface area contributed by atoms with E-state index in [2.05, 4.69) is 25.3 Å². The van der Waals surface area contributed by atoms with Gasteiger partial charge in [-0.2, -0.15) is 0 Å². The van der Waals surface area contributed by atoms with Gasteiger partial charge in [-0.05, 0) is 118 Å². The summed E-state index contributed by atoms with van der Waals surface area (Å²) < 4.78 is 37.5. The number of likely N-dealkylation sites (tertiary alicyclic amines) is 1. The molecule has 0 bridgehead atoms. The first-order valence-electron chi connectivity index (χ1n) is 20.8. The van der Waals surface area contributed by atoms with Crippen molar-refractivity contribution in [2.24, 2.45) is 0 Å². The maximum Gasteiger partial charge on any atom is 0.341 e. The molecule has 15 nitrogen and oxygen atoms in total. The van der Waals surface area contributed by atoms with E-state index in [0.717, 1.165) is 43.9 Å². The van der Waals surface area contributed by atoms with Gasteiger partial charge in [-0.15, -0.1) is 0 Å². The number of hydrogen-bond donors (Lipinski definition) is 4. The van der Waals surface area contributed by atoms with Crippen molar-refractivity contribution in [1.29, 1.82) is 0 Å². The Morgan fingerprint density at radius 2 is 1.37 bits per heavy atom. The summed E-state index contributed by atoms with van der Waals surface area (Å²) in [6.07, 6.45) is 11.1. The van der Waals surface area contributed by atoms with E-state index in [4.69, 9.17) is 24.8 Å². The van der Waals surface area contributed by atoms with Gasteiger partial charge in [0.15, 0.2) is 11.8 Å². The zero-order valence-electron chi connectivity index (χ0n) is 36.7. The second kappa shape index (κ2) is 23.0. The minimum absolute atomic E-state index is 0.0105. The zero-order chi connectivity index (χ0) is 44.5. The molecule has 16 heteroatoms. The number of ether oxygens (including phenoxy) is 2. The molecule has 0 aliphatic carbocycles. The number of oxazole rings is 2. The molecule has 0 unspecified atom stereocenters. The molecule has 326 valence electrons. The maximum absolute atomic E-state index is 13.2. The van der Waals surface area contributed by atoms with Crippen LogP contribution in [0.25, 0.3) is 0 Å². The molecule has 0 saturated carbocycles. The number of nitrogens with zero attached hydrogens (tertiary/aromatic N) is 5. The number of pyridine rings is 2. The number of amides is 1. The standard InChI is InChI=1S/C21H29N3O4.C13H22N2O2.C8H9NO3.CH3F/c1-5-27-19-16(10-8-11-22-19)20(25)24-12-7-6-9-15(24)13-17-23-18(14(2)28-17)21(3,4)26;1-9-12(13(2,3)16)15-11(17-9)8-10-6-4-5-7-14-10;1-2-12-7-6(8(10)11)4-3-5-9-7;1-2/h8,10-11,15,26H,5-7,9,12-13H2,1-4H3;10,14,16H,4-8H2,1-3H3;3-5H,2H2,1H3,(H,10,11);1H3/t15-;10-;;/m11../s1/i;;;1D. The van der Waals surface area contributed by atoms with Crippen molar-refractivity contribution in [2.45, 2.75) is 130 Å². The number of aryl methyl sites for hydroxylation is 2. The second-order valence-corrected chi connectivity index (χ2v) is 15.2. The van der Waals surface area contributed by atoms with Crippen molar-refractivity contribution in [3.05, 3.63) is 82.5 Å². The zero-order valence-corrected chi connectivity index (χ0v) is 35.7. The molecular formula is C43H63FN6O9. The van der Waals surface area contributed by atoms with Crippen molar-refractivity contribution >= 4 is 11.9 Å². The Kier molecular flexibility index (Phi) is 18.2. The van der Waals surface area contributed by atoms with Crippen molar-refractivity contribution in [3.8, 4) is 11.8 Å². The molecule has 4 aromatic heterocycles. The van der Waals surface area contributed by atoms with Gasteiger partial charge >= 0.3 is 5.97 Å².